The van der Waals surface area contributed by atoms with Gasteiger partial charge in [0, 0.05) is 18.5 Å². The van der Waals surface area contributed by atoms with E-state index in [-0.39, 0.29) is 17.2 Å². The molecule has 0 bridgehead atoms. The number of para-hydroxylation sites is 1. The van der Waals surface area contributed by atoms with Gasteiger partial charge in [-0.2, -0.15) is 0 Å². The SMILES string of the molecule is CN(CCc1cccs1)C(=O)c1cccc(F)c1NN. The molecule has 0 saturated carbocycles. The average Bonchev–Trinajstić information content (AvgIpc) is 2.97. The van der Waals surface area contributed by atoms with Crippen molar-refractivity contribution in [2.45, 2.75) is 6.42 Å². The summed E-state index contributed by atoms with van der Waals surface area (Å²) >= 11 is 1.65. The zero-order chi connectivity index (χ0) is 14.5. The summed E-state index contributed by atoms with van der Waals surface area (Å²) in [6.07, 6.45) is 0.778. The van der Waals surface area contributed by atoms with Crippen LogP contribution in [-0.2, 0) is 6.42 Å². The van der Waals surface area contributed by atoms with E-state index >= 15 is 0 Å². The number of nitrogens with two attached hydrogens (primary N) is 1. The van der Waals surface area contributed by atoms with E-state index in [4.69, 9.17) is 5.84 Å². The number of hydrogen-bond acceptors (Lipinski definition) is 4. The van der Waals surface area contributed by atoms with Gasteiger partial charge in [0.15, 0.2) is 0 Å². The molecular weight excluding hydrogens is 277 g/mol. The quantitative estimate of drug-likeness (QED) is 0.658. The van der Waals surface area contributed by atoms with Gasteiger partial charge in [-0.05, 0) is 30.0 Å². The third-order valence-corrected chi connectivity index (χ3v) is 3.94. The minimum Gasteiger partial charge on any atom is -0.341 e. The van der Waals surface area contributed by atoms with E-state index < -0.39 is 5.82 Å². The van der Waals surface area contributed by atoms with Crippen LogP contribution in [0.2, 0.25) is 0 Å². The predicted octanol–water partition coefficient (Wildman–Crippen LogP) is 2.49. The summed E-state index contributed by atoms with van der Waals surface area (Å²) in [4.78, 5) is 15.1. The second-order valence-electron chi connectivity index (χ2n) is 4.36. The summed E-state index contributed by atoms with van der Waals surface area (Å²) in [6, 6.07) is 8.32. The highest BCUT2D eigenvalue weighted by Gasteiger charge is 2.17. The Bertz CT molecular complexity index is 586. The predicted molar refractivity (Wildman–Crippen MR) is 79.2 cm³/mol. The van der Waals surface area contributed by atoms with Crippen LogP contribution in [0, 0.1) is 5.82 Å². The Morgan fingerprint density at radius 2 is 2.20 bits per heavy atom. The molecule has 6 heteroatoms. The van der Waals surface area contributed by atoms with Crippen LogP contribution in [0.25, 0.3) is 0 Å². The first kappa shape index (κ1) is 14.5. The fourth-order valence-electron chi connectivity index (χ4n) is 1.89. The first-order valence-corrected chi connectivity index (χ1v) is 7.04. The highest BCUT2D eigenvalue weighted by atomic mass is 32.1. The second-order valence-corrected chi connectivity index (χ2v) is 5.40. The summed E-state index contributed by atoms with van der Waals surface area (Å²) in [5, 5.41) is 2.00. The normalized spacial score (nSPS) is 10.3. The third-order valence-electron chi connectivity index (χ3n) is 3.01. The largest absolute Gasteiger partial charge is 0.341 e. The number of benzene rings is 1. The lowest BCUT2D eigenvalue weighted by atomic mass is 10.1. The van der Waals surface area contributed by atoms with E-state index in [1.807, 2.05) is 17.5 Å². The lowest BCUT2D eigenvalue weighted by molar-refractivity contribution is 0.0797. The minimum absolute atomic E-state index is 0.0282. The van der Waals surface area contributed by atoms with Gasteiger partial charge >= 0.3 is 0 Å². The van der Waals surface area contributed by atoms with Gasteiger partial charge in [0.25, 0.3) is 5.91 Å². The van der Waals surface area contributed by atoms with Crippen molar-refractivity contribution in [1.29, 1.82) is 0 Å². The zero-order valence-electron chi connectivity index (χ0n) is 11.1. The average molecular weight is 293 g/mol. The molecule has 0 aliphatic heterocycles. The number of hydrogen-bond donors (Lipinski definition) is 2. The Labute approximate surface area is 121 Å². The number of hydrazine groups is 1. The number of thiophene rings is 1. The fraction of sp³-hybridized carbons (Fsp3) is 0.214. The molecule has 106 valence electrons. The molecule has 0 radical (unpaired) electrons. The Kier molecular flexibility index (Phi) is 4.70. The van der Waals surface area contributed by atoms with Crippen molar-refractivity contribution in [2.75, 3.05) is 19.0 Å². The summed E-state index contributed by atoms with van der Waals surface area (Å²) in [6.45, 7) is 0.569. The highest BCUT2D eigenvalue weighted by Crippen LogP contribution is 2.20. The summed E-state index contributed by atoms with van der Waals surface area (Å²) < 4.78 is 13.6. The molecule has 0 unspecified atom stereocenters. The maximum atomic E-state index is 13.6. The van der Waals surface area contributed by atoms with Crippen LogP contribution in [0.3, 0.4) is 0 Å². The summed E-state index contributed by atoms with van der Waals surface area (Å²) in [7, 11) is 1.70. The molecule has 1 aromatic carbocycles. The maximum absolute atomic E-state index is 13.6. The van der Waals surface area contributed by atoms with Crippen molar-refractivity contribution >= 4 is 22.9 Å². The van der Waals surface area contributed by atoms with E-state index in [2.05, 4.69) is 5.43 Å². The van der Waals surface area contributed by atoms with Crippen LogP contribution in [-0.4, -0.2) is 24.4 Å². The van der Waals surface area contributed by atoms with Gasteiger partial charge < -0.3 is 10.3 Å². The number of halogens is 1. The van der Waals surface area contributed by atoms with Crippen molar-refractivity contribution < 1.29 is 9.18 Å². The Morgan fingerprint density at radius 1 is 1.40 bits per heavy atom. The molecule has 20 heavy (non-hydrogen) atoms. The van der Waals surface area contributed by atoms with Crippen molar-refractivity contribution in [3.63, 3.8) is 0 Å². The van der Waals surface area contributed by atoms with E-state index in [1.165, 1.54) is 17.0 Å². The van der Waals surface area contributed by atoms with Gasteiger partial charge in [-0.3, -0.25) is 10.6 Å². The summed E-state index contributed by atoms with van der Waals surface area (Å²) in [5.41, 5.74) is 2.51. The first-order chi connectivity index (χ1) is 9.63. The van der Waals surface area contributed by atoms with E-state index in [0.29, 0.717) is 6.54 Å². The Hall–Kier alpha value is -1.92. The standard InChI is InChI=1S/C14H16FN3OS/c1-18(8-7-10-4-3-9-20-10)14(19)11-5-2-6-12(15)13(11)17-16/h2-6,9,17H,7-8,16H2,1H3. The van der Waals surface area contributed by atoms with Gasteiger partial charge in [0.2, 0.25) is 0 Å². The minimum atomic E-state index is -0.537. The first-order valence-electron chi connectivity index (χ1n) is 6.16. The van der Waals surface area contributed by atoms with Crippen molar-refractivity contribution in [1.82, 2.24) is 4.90 Å². The molecule has 1 amide bonds. The molecule has 3 N–H and O–H groups in total. The molecule has 2 rings (SSSR count). The second kappa shape index (κ2) is 6.49. The van der Waals surface area contributed by atoms with Crippen molar-refractivity contribution in [3.05, 3.63) is 52.0 Å². The fourth-order valence-corrected chi connectivity index (χ4v) is 2.59. The number of carbonyl (C=O) groups excluding carboxylic acids is 1. The zero-order valence-corrected chi connectivity index (χ0v) is 11.9. The number of nitrogens with one attached hydrogen (secondary N) is 1. The number of anilines is 1. The number of carbonyl (C=O) groups is 1. The number of nitrogens with zero attached hydrogens (tertiary/aromatic N) is 1. The molecule has 2 aromatic rings. The number of rotatable bonds is 5. The van der Waals surface area contributed by atoms with E-state index in [0.717, 1.165) is 6.42 Å². The molecule has 0 saturated heterocycles. The maximum Gasteiger partial charge on any atom is 0.255 e. The molecule has 1 heterocycles. The number of likely N-dealkylation sites (N-methyl/N-ethyl adjacent to an activating group) is 1. The van der Waals surface area contributed by atoms with Crippen LogP contribution < -0.4 is 11.3 Å². The van der Waals surface area contributed by atoms with Crippen LogP contribution in [0.15, 0.2) is 35.7 Å². The van der Waals surface area contributed by atoms with Gasteiger partial charge in [0.1, 0.15) is 5.82 Å². The smallest absolute Gasteiger partial charge is 0.255 e. The molecule has 0 spiro atoms. The van der Waals surface area contributed by atoms with Gasteiger partial charge in [-0.25, -0.2) is 4.39 Å². The Morgan fingerprint density at radius 3 is 2.85 bits per heavy atom. The number of nitrogen functional groups attached to an aromatic ring is 1. The molecule has 0 atom stereocenters. The molecule has 0 fully saturated rings. The Balaban J connectivity index is 2.08. The van der Waals surface area contributed by atoms with Crippen LogP contribution >= 0.6 is 11.3 Å². The van der Waals surface area contributed by atoms with Crippen LogP contribution in [0.5, 0.6) is 0 Å². The lowest BCUT2D eigenvalue weighted by Crippen LogP contribution is -2.30. The monoisotopic (exact) mass is 293 g/mol. The highest BCUT2D eigenvalue weighted by molar-refractivity contribution is 7.09. The van der Waals surface area contributed by atoms with E-state index in [1.54, 1.807) is 29.4 Å². The summed E-state index contributed by atoms with van der Waals surface area (Å²) in [5.74, 6) is 4.49. The third kappa shape index (κ3) is 3.15. The van der Waals surface area contributed by atoms with Crippen LogP contribution in [0.4, 0.5) is 10.1 Å². The van der Waals surface area contributed by atoms with Crippen LogP contribution in [0.1, 0.15) is 15.2 Å². The number of amides is 1. The molecule has 4 nitrogen and oxygen atoms in total. The van der Waals surface area contributed by atoms with Gasteiger partial charge in [-0.1, -0.05) is 12.1 Å². The molecular formula is C14H16FN3OS. The van der Waals surface area contributed by atoms with Crippen molar-refractivity contribution in [3.8, 4) is 0 Å². The van der Waals surface area contributed by atoms with Gasteiger partial charge in [-0.15, -0.1) is 11.3 Å². The van der Waals surface area contributed by atoms with E-state index in [9.17, 15) is 9.18 Å². The molecule has 0 aliphatic rings. The van der Waals surface area contributed by atoms with Crippen molar-refractivity contribution in [2.24, 2.45) is 5.84 Å². The van der Waals surface area contributed by atoms with Gasteiger partial charge in [0.05, 0.1) is 11.3 Å². The lowest BCUT2D eigenvalue weighted by Gasteiger charge is -2.18. The topological polar surface area (TPSA) is 58.4 Å². The molecule has 1 aromatic heterocycles. The molecule has 0 aliphatic carbocycles.